The Hall–Kier alpha value is -2.78. The van der Waals surface area contributed by atoms with Crippen molar-refractivity contribution in [3.63, 3.8) is 0 Å². The summed E-state index contributed by atoms with van der Waals surface area (Å²) in [5, 5.41) is 2.51. The molecule has 2 aromatic rings. The molecule has 37 heavy (non-hydrogen) atoms. The topological polar surface area (TPSA) is 117 Å². The standard InChI is InChI=1S/C22H26F4N4O5S2/c1-3-36(32,33)18-6-5-17(27-14-18)13-28-21(31)15-4-7-20(19(23)12-15)29(2)37(34,35)30-10-8-16(9-11-30)22(24,25)26/h4-7,12,14,16H,3,8-11,13H2,1-2H3,(H,28,31). The highest BCUT2D eigenvalue weighted by Gasteiger charge is 2.43. The van der Waals surface area contributed by atoms with E-state index in [1.165, 1.54) is 31.3 Å². The third-order valence-electron chi connectivity index (χ3n) is 6.11. The van der Waals surface area contributed by atoms with Crippen molar-refractivity contribution in [2.45, 2.75) is 37.4 Å². The Kier molecular flexibility index (Phi) is 8.49. The number of aromatic nitrogens is 1. The summed E-state index contributed by atoms with van der Waals surface area (Å²) >= 11 is 0. The minimum Gasteiger partial charge on any atom is -0.346 e. The van der Waals surface area contributed by atoms with Crippen LogP contribution in [0.25, 0.3) is 0 Å². The van der Waals surface area contributed by atoms with E-state index in [0.717, 1.165) is 23.5 Å². The largest absolute Gasteiger partial charge is 0.391 e. The first-order valence-corrected chi connectivity index (χ1v) is 14.3. The summed E-state index contributed by atoms with van der Waals surface area (Å²) in [6.07, 6.45) is -4.00. The van der Waals surface area contributed by atoms with Crippen molar-refractivity contribution in [2.24, 2.45) is 5.92 Å². The van der Waals surface area contributed by atoms with Gasteiger partial charge in [-0.2, -0.15) is 25.9 Å². The van der Waals surface area contributed by atoms with Crippen molar-refractivity contribution >= 4 is 31.6 Å². The molecule has 0 atom stereocenters. The molecule has 1 amide bonds. The molecule has 0 spiro atoms. The van der Waals surface area contributed by atoms with E-state index in [1.54, 1.807) is 0 Å². The number of halogens is 4. The lowest BCUT2D eigenvalue weighted by Crippen LogP contribution is -2.47. The molecule has 2 heterocycles. The fourth-order valence-corrected chi connectivity index (χ4v) is 5.99. The molecule has 1 fully saturated rings. The number of hydrogen-bond donors (Lipinski definition) is 1. The number of sulfone groups is 1. The molecule has 204 valence electrons. The normalized spacial score (nSPS) is 15.9. The zero-order valence-electron chi connectivity index (χ0n) is 20.0. The maximum absolute atomic E-state index is 14.8. The Morgan fingerprint density at radius 3 is 2.30 bits per heavy atom. The number of pyridine rings is 1. The second kappa shape index (κ2) is 10.9. The maximum atomic E-state index is 14.8. The van der Waals surface area contributed by atoms with Gasteiger partial charge in [-0.3, -0.25) is 14.1 Å². The summed E-state index contributed by atoms with van der Waals surface area (Å²) in [6.45, 7) is 0.731. The molecule has 0 bridgehead atoms. The predicted octanol–water partition coefficient (Wildman–Crippen LogP) is 2.90. The van der Waals surface area contributed by atoms with Gasteiger partial charge in [-0.15, -0.1) is 0 Å². The van der Waals surface area contributed by atoms with Crippen molar-refractivity contribution in [2.75, 3.05) is 30.2 Å². The first kappa shape index (κ1) is 28.8. The molecule has 1 aromatic heterocycles. The summed E-state index contributed by atoms with van der Waals surface area (Å²) in [4.78, 5) is 16.5. The van der Waals surface area contributed by atoms with Gasteiger partial charge in [0.1, 0.15) is 5.82 Å². The van der Waals surface area contributed by atoms with Gasteiger partial charge in [-0.05, 0) is 43.2 Å². The van der Waals surface area contributed by atoms with Crippen LogP contribution in [0.1, 0.15) is 35.8 Å². The molecular weight excluding hydrogens is 540 g/mol. The van der Waals surface area contributed by atoms with Crippen molar-refractivity contribution in [1.82, 2.24) is 14.6 Å². The molecule has 1 N–H and O–H groups in total. The van der Waals surface area contributed by atoms with Crippen LogP contribution in [0, 0.1) is 11.7 Å². The van der Waals surface area contributed by atoms with Gasteiger partial charge in [0.15, 0.2) is 9.84 Å². The number of rotatable bonds is 8. The number of anilines is 1. The lowest BCUT2D eigenvalue weighted by atomic mass is 9.98. The van der Waals surface area contributed by atoms with Gasteiger partial charge >= 0.3 is 16.4 Å². The van der Waals surface area contributed by atoms with Gasteiger partial charge in [0.25, 0.3) is 5.91 Å². The smallest absolute Gasteiger partial charge is 0.346 e. The number of hydrogen-bond acceptors (Lipinski definition) is 6. The maximum Gasteiger partial charge on any atom is 0.391 e. The number of carbonyl (C=O) groups excluding carboxylic acids is 1. The van der Waals surface area contributed by atoms with E-state index < -0.39 is 43.9 Å². The highest BCUT2D eigenvalue weighted by Crippen LogP contribution is 2.35. The van der Waals surface area contributed by atoms with Crippen LogP contribution < -0.4 is 9.62 Å². The molecule has 9 nitrogen and oxygen atoms in total. The van der Waals surface area contributed by atoms with Crippen LogP contribution in [0.3, 0.4) is 0 Å². The molecule has 15 heteroatoms. The Balaban J connectivity index is 1.65. The van der Waals surface area contributed by atoms with Gasteiger partial charge in [0, 0.05) is 31.9 Å². The third-order valence-corrected chi connectivity index (χ3v) is 9.73. The van der Waals surface area contributed by atoms with E-state index >= 15 is 0 Å². The molecule has 1 aromatic carbocycles. The molecule has 0 radical (unpaired) electrons. The summed E-state index contributed by atoms with van der Waals surface area (Å²) in [6, 6.07) is 5.94. The van der Waals surface area contributed by atoms with Crippen LogP contribution in [0.4, 0.5) is 23.2 Å². The number of nitrogens with zero attached hydrogens (tertiary/aromatic N) is 3. The molecule has 1 aliphatic rings. The molecule has 1 saturated heterocycles. The van der Waals surface area contributed by atoms with Crippen LogP contribution in [0.2, 0.25) is 0 Å². The van der Waals surface area contributed by atoms with Gasteiger partial charge in [0.05, 0.1) is 34.5 Å². The van der Waals surface area contributed by atoms with E-state index in [2.05, 4.69) is 10.3 Å². The Morgan fingerprint density at radius 2 is 1.78 bits per heavy atom. The minimum absolute atomic E-state index is 0.0477. The highest BCUT2D eigenvalue weighted by molar-refractivity contribution is 7.91. The number of piperidine rings is 1. The number of amides is 1. The second-order valence-corrected chi connectivity index (χ2v) is 12.7. The quantitative estimate of drug-likeness (QED) is 0.492. The third kappa shape index (κ3) is 6.57. The predicted molar refractivity (Wildman–Crippen MR) is 127 cm³/mol. The molecule has 1 aliphatic heterocycles. The van der Waals surface area contributed by atoms with E-state index in [-0.39, 0.29) is 54.4 Å². The highest BCUT2D eigenvalue weighted by atomic mass is 32.2. The van der Waals surface area contributed by atoms with E-state index in [0.29, 0.717) is 10.00 Å². The van der Waals surface area contributed by atoms with E-state index in [1.807, 2.05) is 0 Å². The first-order chi connectivity index (χ1) is 17.2. The fraction of sp³-hybridized carbons (Fsp3) is 0.455. The van der Waals surface area contributed by atoms with Crippen molar-refractivity contribution in [1.29, 1.82) is 0 Å². The lowest BCUT2D eigenvalue weighted by molar-refractivity contribution is -0.182. The molecule has 0 unspecified atom stereocenters. The Labute approximate surface area is 212 Å². The minimum atomic E-state index is -4.40. The summed E-state index contributed by atoms with van der Waals surface area (Å²) in [5.74, 6) is -3.37. The average Bonchev–Trinajstić information content (AvgIpc) is 2.86. The number of nitrogens with one attached hydrogen (secondary N) is 1. The first-order valence-electron chi connectivity index (χ1n) is 11.2. The van der Waals surface area contributed by atoms with Crippen molar-refractivity contribution in [3.8, 4) is 0 Å². The zero-order valence-corrected chi connectivity index (χ0v) is 21.6. The van der Waals surface area contributed by atoms with E-state index in [4.69, 9.17) is 0 Å². The molecule has 0 aliphatic carbocycles. The van der Waals surface area contributed by atoms with Gasteiger partial charge < -0.3 is 5.32 Å². The number of alkyl halides is 3. The number of benzene rings is 1. The molecular formula is C22H26F4N4O5S2. The van der Waals surface area contributed by atoms with Crippen molar-refractivity contribution in [3.05, 3.63) is 53.6 Å². The summed E-state index contributed by atoms with van der Waals surface area (Å²) in [7, 11) is -6.63. The van der Waals surface area contributed by atoms with Gasteiger partial charge in [-0.1, -0.05) is 6.92 Å². The van der Waals surface area contributed by atoms with Gasteiger partial charge in [-0.25, -0.2) is 12.8 Å². The summed E-state index contributed by atoms with van der Waals surface area (Å²) < 4.78 is 104. The monoisotopic (exact) mass is 566 g/mol. The fourth-order valence-electron chi connectivity index (χ4n) is 3.75. The van der Waals surface area contributed by atoms with E-state index in [9.17, 15) is 39.2 Å². The number of carbonyl (C=O) groups is 1. The lowest BCUT2D eigenvalue weighted by Gasteiger charge is -2.35. The SMILES string of the molecule is CCS(=O)(=O)c1ccc(CNC(=O)c2ccc(N(C)S(=O)(=O)N3CCC(C(F)(F)F)CC3)c(F)c2)nc1. The Bertz CT molecular complexity index is 1340. The van der Waals surface area contributed by atoms with Crippen LogP contribution in [-0.4, -0.2) is 64.1 Å². The zero-order chi connectivity index (χ0) is 27.6. The van der Waals surface area contributed by atoms with Crippen LogP contribution in [0.5, 0.6) is 0 Å². The van der Waals surface area contributed by atoms with Crippen LogP contribution in [0.15, 0.2) is 41.4 Å². The van der Waals surface area contributed by atoms with Gasteiger partial charge in [0.2, 0.25) is 0 Å². The second-order valence-electron chi connectivity index (χ2n) is 8.43. The molecule has 0 saturated carbocycles. The molecule has 3 rings (SSSR count). The summed E-state index contributed by atoms with van der Waals surface area (Å²) in [5.41, 5.74) is -0.118. The average molecular weight is 567 g/mol. The van der Waals surface area contributed by atoms with Crippen molar-refractivity contribution < 1.29 is 39.2 Å². The van der Waals surface area contributed by atoms with Crippen LogP contribution in [-0.2, 0) is 26.6 Å². The van der Waals surface area contributed by atoms with Crippen LogP contribution >= 0.6 is 0 Å². The Morgan fingerprint density at radius 1 is 1.14 bits per heavy atom.